The fourth-order valence-electron chi connectivity index (χ4n) is 2.14. The molecule has 1 saturated heterocycles. The van der Waals surface area contributed by atoms with Gasteiger partial charge in [0.1, 0.15) is 6.04 Å². The van der Waals surface area contributed by atoms with E-state index < -0.39 is 6.04 Å². The molecule has 2 amide bonds. The van der Waals surface area contributed by atoms with Crippen molar-refractivity contribution in [1.82, 2.24) is 10.6 Å². The van der Waals surface area contributed by atoms with Crippen molar-refractivity contribution in [2.24, 2.45) is 0 Å². The van der Waals surface area contributed by atoms with Crippen molar-refractivity contribution in [1.29, 1.82) is 0 Å². The summed E-state index contributed by atoms with van der Waals surface area (Å²) in [6, 6.07) is 5.21. The molecule has 1 aliphatic rings. The molecular weight excluding hydrogens is 355 g/mol. The Morgan fingerprint density at radius 3 is 3.00 bits per heavy atom. The number of hydrogen-bond donors (Lipinski definition) is 2. The molecule has 0 aromatic heterocycles. The van der Waals surface area contributed by atoms with Crippen molar-refractivity contribution in [3.8, 4) is 0 Å². The first-order valence-corrected chi connectivity index (χ1v) is 7.51. The molecule has 0 saturated carbocycles. The maximum Gasteiger partial charge on any atom is 0.253 e. The topological polar surface area (TPSA) is 58.2 Å². The lowest BCUT2D eigenvalue weighted by molar-refractivity contribution is -0.122. The van der Waals surface area contributed by atoms with Crippen molar-refractivity contribution in [3.05, 3.63) is 32.9 Å². The number of carbonyl (C=O) groups excluding carboxylic acids is 2. The first-order valence-electron chi connectivity index (χ1n) is 6.43. The van der Waals surface area contributed by atoms with Crippen molar-refractivity contribution < 1.29 is 9.59 Å². The van der Waals surface area contributed by atoms with E-state index in [4.69, 9.17) is 0 Å². The molecule has 1 fully saturated rings. The van der Waals surface area contributed by atoms with Crippen LogP contribution in [0.15, 0.2) is 18.2 Å². The molecule has 2 N–H and O–H groups in total. The Labute approximate surface area is 126 Å². The van der Waals surface area contributed by atoms with Crippen molar-refractivity contribution >= 4 is 34.4 Å². The second-order valence-electron chi connectivity index (χ2n) is 4.75. The van der Waals surface area contributed by atoms with Crippen LogP contribution in [0.1, 0.15) is 35.2 Å². The van der Waals surface area contributed by atoms with Crippen molar-refractivity contribution in [2.75, 3.05) is 6.54 Å². The lowest BCUT2D eigenvalue weighted by Gasteiger charge is -2.16. The largest absolute Gasteiger partial charge is 0.354 e. The Balaban J connectivity index is 2.12. The second kappa shape index (κ2) is 6.36. The normalized spacial score (nSPS) is 19.5. The highest BCUT2D eigenvalue weighted by Gasteiger charge is 2.23. The summed E-state index contributed by atoms with van der Waals surface area (Å²) in [6.45, 7) is 2.67. The number of carbonyl (C=O) groups is 2. The van der Waals surface area contributed by atoms with Crippen LogP contribution >= 0.6 is 22.6 Å². The molecule has 1 atom stereocenters. The predicted molar refractivity (Wildman–Crippen MR) is 82.0 cm³/mol. The number of halogens is 1. The second-order valence-corrected chi connectivity index (χ2v) is 5.83. The maximum absolute atomic E-state index is 12.2. The molecule has 0 bridgehead atoms. The quantitative estimate of drug-likeness (QED) is 0.781. The molecule has 1 aliphatic heterocycles. The molecule has 0 aliphatic carbocycles. The van der Waals surface area contributed by atoms with E-state index in [0.29, 0.717) is 18.5 Å². The minimum atomic E-state index is -0.411. The van der Waals surface area contributed by atoms with Crippen LogP contribution in [0.2, 0.25) is 0 Å². The molecule has 19 heavy (non-hydrogen) atoms. The molecule has 1 heterocycles. The summed E-state index contributed by atoms with van der Waals surface area (Å²) < 4.78 is 0.937. The molecule has 0 spiro atoms. The number of rotatable bonds is 2. The van der Waals surface area contributed by atoms with Gasteiger partial charge in [0.2, 0.25) is 5.91 Å². The highest BCUT2D eigenvalue weighted by molar-refractivity contribution is 14.1. The van der Waals surface area contributed by atoms with Gasteiger partial charge < -0.3 is 10.6 Å². The highest BCUT2D eigenvalue weighted by atomic mass is 127. The molecule has 1 unspecified atom stereocenters. The molecule has 5 heteroatoms. The summed E-state index contributed by atoms with van der Waals surface area (Å²) in [6.07, 6.45) is 2.63. The van der Waals surface area contributed by atoms with Gasteiger partial charge in [-0.3, -0.25) is 9.59 Å². The molecule has 1 aromatic carbocycles. The molecule has 102 valence electrons. The van der Waals surface area contributed by atoms with Gasteiger partial charge >= 0.3 is 0 Å². The summed E-state index contributed by atoms with van der Waals surface area (Å²) in [5.41, 5.74) is 1.70. The third-order valence-corrected chi connectivity index (χ3v) is 4.71. The van der Waals surface area contributed by atoms with Crippen molar-refractivity contribution in [2.45, 2.75) is 32.2 Å². The predicted octanol–water partition coefficient (Wildman–Crippen LogP) is 2.00. The summed E-state index contributed by atoms with van der Waals surface area (Å²) >= 11 is 2.17. The van der Waals surface area contributed by atoms with Crippen LogP contribution in [0.3, 0.4) is 0 Å². The van der Waals surface area contributed by atoms with Crippen LogP contribution < -0.4 is 10.6 Å². The van der Waals surface area contributed by atoms with Gasteiger partial charge in [0, 0.05) is 10.1 Å². The minimum absolute atomic E-state index is 0.0755. The molecule has 2 rings (SSSR count). The average molecular weight is 372 g/mol. The van der Waals surface area contributed by atoms with Crippen LogP contribution in [0.5, 0.6) is 0 Å². The highest BCUT2D eigenvalue weighted by Crippen LogP contribution is 2.17. The molecule has 0 radical (unpaired) electrons. The van der Waals surface area contributed by atoms with E-state index in [9.17, 15) is 9.59 Å². The van der Waals surface area contributed by atoms with Crippen molar-refractivity contribution in [3.63, 3.8) is 0 Å². The summed E-state index contributed by atoms with van der Waals surface area (Å²) in [4.78, 5) is 24.1. The van der Waals surface area contributed by atoms with E-state index in [2.05, 4.69) is 33.2 Å². The summed E-state index contributed by atoms with van der Waals surface area (Å²) in [5.74, 6) is -0.247. The zero-order valence-electron chi connectivity index (χ0n) is 10.8. The van der Waals surface area contributed by atoms with E-state index in [1.807, 2.05) is 19.1 Å². The lowest BCUT2D eigenvalue weighted by atomic mass is 10.1. The van der Waals surface area contributed by atoms with Gasteiger partial charge in [-0.05, 0) is 60.4 Å². The smallest absolute Gasteiger partial charge is 0.253 e. The third-order valence-electron chi connectivity index (χ3n) is 3.28. The van der Waals surface area contributed by atoms with Crippen LogP contribution in [0.25, 0.3) is 0 Å². The fourth-order valence-corrected chi connectivity index (χ4v) is 2.74. The Morgan fingerprint density at radius 2 is 2.21 bits per heavy atom. The Hall–Kier alpha value is -1.11. The number of amides is 2. The molecule has 4 nitrogen and oxygen atoms in total. The first kappa shape index (κ1) is 14.3. The van der Waals surface area contributed by atoms with E-state index >= 15 is 0 Å². The third kappa shape index (κ3) is 3.46. The minimum Gasteiger partial charge on any atom is -0.354 e. The van der Waals surface area contributed by atoms with Gasteiger partial charge in [0.25, 0.3) is 5.91 Å². The van der Waals surface area contributed by atoms with Gasteiger partial charge in [-0.1, -0.05) is 12.1 Å². The van der Waals surface area contributed by atoms with Crippen LogP contribution in [0, 0.1) is 10.5 Å². The first-order chi connectivity index (χ1) is 9.09. The summed E-state index contributed by atoms with van der Waals surface area (Å²) in [5, 5.41) is 5.66. The fraction of sp³-hybridized carbons (Fsp3) is 0.429. The van der Waals surface area contributed by atoms with E-state index in [0.717, 1.165) is 22.0 Å². The maximum atomic E-state index is 12.2. The zero-order valence-corrected chi connectivity index (χ0v) is 13.0. The van der Waals surface area contributed by atoms with Crippen LogP contribution in [-0.2, 0) is 4.79 Å². The lowest BCUT2D eigenvalue weighted by Crippen LogP contribution is -2.45. The number of hydrogen-bond acceptors (Lipinski definition) is 2. The standard InChI is InChI=1S/C14H17IN2O2/c1-9-5-4-6-10(12(9)15)13(18)17-11-7-2-3-8-16-14(11)19/h4-6,11H,2-3,7-8H2,1H3,(H,16,19)(H,17,18). The Kier molecular flexibility index (Phi) is 4.79. The number of benzene rings is 1. The Bertz CT molecular complexity index is 502. The van der Waals surface area contributed by atoms with Gasteiger partial charge in [-0.2, -0.15) is 0 Å². The SMILES string of the molecule is Cc1cccc(C(=O)NC2CCCCNC2=O)c1I. The van der Waals surface area contributed by atoms with Crippen LogP contribution in [-0.4, -0.2) is 24.4 Å². The molecular formula is C14H17IN2O2. The monoisotopic (exact) mass is 372 g/mol. The summed E-state index contributed by atoms with van der Waals surface area (Å²) in [7, 11) is 0. The van der Waals surface area contributed by atoms with Crippen LogP contribution in [0.4, 0.5) is 0 Å². The van der Waals surface area contributed by atoms with Gasteiger partial charge in [-0.25, -0.2) is 0 Å². The van der Waals surface area contributed by atoms with Gasteiger partial charge in [-0.15, -0.1) is 0 Å². The van der Waals surface area contributed by atoms with E-state index in [1.165, 1.54) is 0 Å². The van der Waals surface area contributed by atoms with E-state index in [1.54, 1.807) is 6.07 Å². The van der Waals surface area contributed by atoms with Gasteiger partial charge in [0.15, 0.2) is 0 Å². The Morgan fingerprint density at radius 1 is 1.42 bits per heavy atom. The molecule has 1 aromatic rings. The van der Waals surface area contributed by atoms with E-state index in [-0.39, 0.29) is 11.8 Å². The average Bonchev–Trinajstić information content (AvgIpc) is 2.58. The number of nitrogens with one attached hydrogen (secondary N) is 2. The number of aryl methyl sites for hydroxylation is 1. The van der Waals surface area contributed by atoms with Gasteiger partial charge in [0.05, 0.1) is 5.56 Å². The zero-order chi connectivity index (χ0) is 13.8.